The normalized spacial score (nSPS) is 17.5. The molecule has 1 saturated carbocycles. The summed E-state index contributed by atoms with van der Waals surface area (Å²) in [6.07, 6.45) is 11.3. The fourth-order valence-electron chi connectivity index (χ4n) is 2.74. The van der Waals surface area contributed by atoms with E-state index in [0.717, 1.165) is 31.3 Å². The van der Waals surface area contributed by atoms with E-state index in [2.05, 4.69) is 5.32 Å². The lowest BCUT2D eigenvalue weighted by atomic mass is 10.0. The summed E-state index contributed by atoms with van der Waals surface area (Å²) in [5, 5.41) is 3.57. The molecule has 1 fully saturated rings. The van der Waals surface area contributed by atoms with Gasteiger partial charge >= 0.3 is 0 Å². The summed E-state index contributed by atoms with van der Waals surface area (Å²) in [7, 11) is 0. The highest BCUT2D eigenvalue weighted by Crippen LogP contribution is 2.21. The van der Waals surface area contributed by atoms with Gasteiger partial charge in [-0.3, -0.25) is 0 Å². The summed E-state index contributed by atoms with van der Waals surface area (Å²) < 4.78 is 10.8. The van der Waals surface area contributed by atoms with Crippen LogP contribution in [0.3, 0.4) is 0 Å². The first kappa shape index (κ1) is 14.6. The molecule has 0 aromatic carbocycles. The number of ether oxygens (including phenoxy) is 1. The molecule has 1 aromatic rings. The summed E-state index contributed by atoms with van der Waals surface area (Å²) in [5.41, 5.74) is 0. The predicted molar refractivity (Wildman–Crippen MR) is 77.0 cm³/mol. The van der Waals surface area contributed by atoms with Crippen molar-refractivity contribution < 1.29 is 9.15 Å². The van der Waals surface area contributed by atoms with Crippen molar-refractivity contribution in [2.45, 2.75) is 51.6 Å². The van der Waals surface area contributed by atoms with Gasteiger partial charge in [-0.2, -0.15) is 0 Å². The van der Waals surface area contributed by atoms with Gasteiger partial charge in [-0.05, 0) is 50.4 Å². The van der Waals surface area contributed by atoms with Gasteiger partial charge in [0.2, 0.25) is 0 Å². The van der Waals surface area contributed by atoms with Crippen molar-refractivity contribution in [3.05, 3.63) is 24.2 Å². The lowest BCUT2D eigenvalue weighted by Crippen LogP contribution is -2.24. The Labute approximate surface area is 116 Å². The van der Waals surface area contributed by atoms with Crippen LogP contribution in [0.25, 0.3) is 0 Å². The summed E-state index contributed by atoms with van der Waals surface area (Å²) in [6.45, 7) is 3.65. The smallest absolute Gasteiger partial charge is 0.129 e. The summed E-state index contributed by atoms with van der Waals surface area (Å²) in [5.74, 6) is 1.82. The van der Waals surface area contributed by atoms with E-state index in [1.807, 2.05) is 12.1 Å². The molecule has 1 N–H and O–H groups in total. The first-order chi connectivity index (χ1) is 9.45. The van der Waals surface area contributed by atoms with Crippen LogP contribution in [0.1, 0.15) is 50.7 Å². The van der Waals surface area contributed by atoms with Gasteiger partial charge in [-0.1, -0.05) is 25.7 Å². The molecular formula is C16H27NO2. The van der Waals surface area contributed by atoms with Crippen LogP contribution in [0.15, 0.2) is 22.8 Å². The minimum absolute atomic E-state index is 0.593. The van der Waals surface area contributed by atoms with Gasteiger partial charge in [-0.25, -0.2) is 0 Å². The van der Waals surface area contributed by atoms with Crippen molar-refractivity contribution in [2.75, 3.05) is 19.7 Å². The average molecular weight is 265 g/mol. The monoisotopic (exact) mass is 265 g/mol. The number of hydrogen-bond acceptors (Lipinski definition) is 3. The van der Waals surface area contributed by atoms with Gasteiger partial charge in [0.15, 0.2) is 0 Å². The molecule has 0 saturated heterocycles. The third kappa shape index (κ3) is 6.26. The standard InChI is InChI=1S/C16H27NO2/c1-2-4-8-15(7-3-1)13-17-10-6-11-18-14-16-9-5-12-19-16/h5,9,12,15,17H,1-4,6-8,10-11,13-14H2. The molecule has 0 radical (unpaired) electrons. The molecule has 0 unspecified atom stereocenters. The van der Waals surface area contributed by atoms with Crippen LogP contribution in [0.5, 0.6) is 0 Å². The molecule has 2 rings (SSSR count). The van der Waals surface area contributed by atoms with E-state index >= 15 is 0 Å². The Morgan fingerprint density at radius 2 is 2.05 bits per heavy atom. The molecule has 3 heteroatoms. The quantitative estimate of drug-likeness (QED) is 0.574. The maximum absolute atomic E-state index is 5.56. The second kappa shape index (κ2) is 9.16. The fraction of sp³-hybridized carbons (Fsp3) is 0.750. The molecule has 0 spiro atoms. The van der Waals surface area contributed by atoms with Gasteiger partial charge in [0.05, 0.1) is 6.26 Å². The Kier molecular flexibility index (Phi) is 7.04. The fourth-order valence-corrected chi connectivity index (χ4v) is 2.74. The maximum atomic E-state index is 5.56. The van der Waals surface area contributed by atoms with Crippen molar-refractivity contribution in [1.29, 1.82) is 0 Å². The van der Waals surface area contributed by atoms with Gasteiger partial charge in [0.1, 0.15) is 12.4 Å². The minimum atomic E-state index is 0.593. The topological polar surface area (TPSA) is 34.4 Å². The number of nitrogens with one attached hydrogen (secondary N) is 1. The molecule has 1 heterocycles. The molecule has 108 valence electrons. The number of furan rings is 1. The van der Waals surface area contributed by atoms with Crippen molar-refractivity contribution in [3.63, 3.8) is 0 Å². The van der Waals surface area contributed by atoms with Gasteiger partial charge in [-0.15, -0.1) is 0 Å². The molecule has 1 aliphatic carbocycles. The third-order valence-electron chi connectivity index (χ3n) is 3.87. The summed E-state index contributed by atoms with van der Waals surface area (Å²) in [4.78, 5) is 0. The number of rotatable bonds is 8. The van der Waals surface area contributed by atoms with Crippen molar-refractivity contribution >= 4 is 0 Å². The van der Waals surface area contributed by atoms with Crippen LogP contribution < -0.4 is 5.32 Å². The predicted octanol–water partition coefficient (Wildman–Crippen LogP) is 3.75. The van der Waals surface area contributed by atoms with Crippen molar-refractivity contribution in [2.24, 2.45) is 5.92 Å². The molecule has 1 aliphatic rings. The molecule has 0 atom stereocenters. The Morgan fingerprint density at radius 1 is 1.21 bits per heavy atom. The van der Waals surface area contributed by atoms with Crippen LogP contribution in [-0.4, -0.2) is 19.7 Å². The summed E-state index contributed by atoms with van der Waals surface area (Å²) in [6, 6.07) is 3.84. The lowest BCUT2D eigenvalue weighted by molar-refractivity contribution is 0.104. The van der Waals surface area contributed by atoms with E-state index in [-0.39, 0.29) is 0 Å². The van der Waals surface area contributed by atoms with Crippen LogP contribution in [0.4, 0.5) is 0 Å². The Hall–Kier alpha value is -0.800. The molecule has 1 aromatic heterocycles. The zero-order valence-electron chi connectivity index (χ0n) is 11.9. The highest BCUT2D eigenvalue weighted by molar-refractivity contribution is 4.95. The third-order valence-corrected chi connectivity index (χ3v) is 3.87. The zero-order chi connectivity index (χ0) is 13.2. The molecule has 0 bridgehead atoms. The minimum Gasteiger partial charge on any atom is -0.467 e. The van der Waals surface area contributed by atoms with Gasteiger partial charge in [0, 0.05) is 6.61 Å². The van der Waals surface area contributed by atoms with Gasteiger partial charge < -0.3 is 14.5 Å². The van der Waals surface area contributed by atoms with E-state index in [9.17, 15) is 0 Å². The van der Waals surface area contributed by atoms with E-state index < -0.39 is 0 Å². The zero-order valence-corrected chi connectivity index (χ0v) is 11.9. The first-order valence-corrected chi connectivity index (χ1v) is 7.76. The molecule has 0 aliphatic heterocycles. The van der Waals surface area contributed by atoms with Crippen molar-refractivity contribution in [1.82, 2.24) is 5.32 Å². The van der Waals surface area contributed by atoms with Crippen LogP contribution in [-0.2, 0) is 11.3 Å². The Bertz CT molecular complexity index is 303. The Morgan fingerprint density at radius 3 is 2.79 bits per heavy atom. The van der Waals surface area contributed by atoms with E-state index in [4.69, 9.17) is 9.15 Å². The SMILES string of the molecule is c1coc(COCCCNCC2CCCCCC2)c1. The van der Waals surface area contributed by atoms with E-state index in [0.29, 0.717) is 6.61 Å². The van der Waals surface area contributed by atoms with E-state index in [1.165, 1.54) is 45.1 Å². The molecular weight excluding hydrogens is 238 g/mol. The molecule has 19 heavy (non-hydrogen) atoms. The van der Waals surface area contributed by atoms with E-state index in [1.54, 1.807) is 6.26 Å². The largest absolute Gasteiger partial charge is 0.467 e. The first-order valence-electron chi connectivity index (χ1n) is 7.76. The average Bonchev–Trinajstić information content (AvgIpc) is 2.80. The lowest BCUT2D eigenvalue weighted by Gasteiger charge is -2.14. The molecule has 3 nitrogen and oxygen atoms in total. The molecule has 0 amide bonds. The maximum Gasteiger partial charge on any atom is 0.129 e. The van der Waals surface area contributed by atoms with Crippen LogP contribution >= 0.6 is 0 Å². The second-order valence-electron chi connectivity index (χ2n) is 5.55. The Balaban J connectivity index is 1.41. The van der Waals surface area contributed by atoms with Gasteiger partial charge in [0.25, 0.3) is 0 Å². The van der Waals surface area contributed by atoms with Crippen LogP contribution in [0, 0.1) is 5.92 Å². The van der Waals surface area contributed by atoms with Crippen LogP contribution in [0.2, 0.25) is 0 Å². The van der Waals surface area contributed by atoms with Crippen molar-refractivity contribution in [3.8, 4) is 0 Å². The number of hydrogen-bond donors (Lipinski definition) is 1. The highest BCUT2D eigenvalue weighted by Gasteiger charge is 2.11. The highest BCUT2D eigenvalue weighted by atomic mass is 16.5. The second-order valence-corrected chi connectivity index (χ2v) is 5.55. The summed E-state index contributed by atoms with van der Waals surface area (Å²) >= 11 is 0.